The van der Waals surface area contributed by atoms with E-state index in [1.807, 2.05) is 0 Å². The van der Waals surface area contributed by atoms with Gasteiger partial charge in [0.2, 0.25) is 5.91 Å². The van der Waals surface area contributed by atoms with E-state index in [0.717, 1.165) is 18.2 Å². The van der Waals surface area contributed by atoms with Crippen LogP contribution in [-0.2, 0) is 11.2 Å². The summed E-state index contributed by atoms with van der Waals surface area (Å²) in [7, 11) is 0. The minimum Gasteiger partial charge on any atom is -0.404 e. The van der Waals surface area contributed by atoms with Crippen LogP contribution in [0.15, 0.2) is 60.8 Å². The first-order valence-corrected chi connectivity index (χ1v) is 9.68. The molecule has 2 aromatic carbocycles. The largest absolute Gasteiger partial charge is 0.573 e. The fourth-order valence-corrected chi connectivity index (χ4v) is 2.91. The van der Waals surface area contributed by atoms with Crippen molar-refractivity contribution in [1.82, 2.24) is 4.98 Å². The molecule has 0 aliphatic heterocycles. The normalized spacial score (nSPS) is 11.2. The van der Waals surface area contributed by atoms with Crippen molar-refractivity contribution >= 4 is 29.0 Å². The average Bonchev–Trinajstić information content (AvgIpc) is 2.75. The van der Waals surface area contributed by atoms with Gasteiger partial charge in [0, 0.05) is 23.7 Å². The van der Waals surface area contributed by atoms with Crippen LogP contribution in [0, 0.1) is 5.82 Å². The molecule has 0 aliphatic rings. The van der Waals surface area contributed by atoms with Crippen LogP contribution in [0.5, 0.6) is 5.75 Å². The van der Waals surface area contributed by atoms with E-state index in [2.05, 4.69) is 15.0 Å². The van der Waals surface area contributed by atoms with Crippen molar-refractivity contribution in [2.75, 3.05) is 11.2 Å². The van der Waals surface area contributed by atoms with Crippen LogP contribution >= 0.6 is 11.6 Å². The Bertz CT molecular complexity index is 1130. The Morgan fingerprint density at radius 3 is 2.44 bits per heavy atom. The summed E-state index contributed by atoms with van der Waals surface area (Å²) in [6, 6.07) is 12.4. The maximum absolute atomic E-state index is 13.9. The lowest BCUT2D eigenvalue weighted by Gasteiger charge is -2.15. The summed E-state index contributed by atoms with van der Waals surface area (Å²) in [6.45, 7) is 0. The molecule has 1 amide bonds. The van der Waals surface area contributed by atoms with Crippen molar-refractivity contribution in [1.29, 1.82) is 0 Å². The van der Waals surface area contributed by atoms with Crippen LogP contribution in [0.25, 0.3) is 11.3 Å². The van der Waals surface area contributed by atoms with Crippen LogP contribution in [0.1, 0.15) is 15.9 Å². The molecule has 10 heteroatoms. The Hall–Kier alpha value is -3.46. The second-order valence-corrected chi connectivity index (χ2v) is 6.84. The van der Waals surface area contributed by atoms with Gasteiger partial charge in [-0.2, -0.15) is 0 Å². The number of anilines is 1. The Labute approximate surface area is 185 Å². The number of hydrogen-bond acceptors (Lipinski definition) is 4. The lowest BCUT2D eigenvalue weighted by molar-refractivity contribution is -0.274. The number of amides is 1. The number of aromatic nitrogens is 1. The second-order valence-electron chi connectivity index (χ2n) is 6.57. The van der Waals surface area contributed by atoms with E-state index in [9.17, 15) is 27.2 Å². The smallest absolute Gasteiger partial charge is 0.404 e. The maximum atomic E-state index is 13.9. The third-order valence-electron chi connectivity index (χ3n) is 4.26. The van der Waals surface area contributed by atoms with Crippen molar-refractivity contribution in [2.45, 2.75) is 12.8 Å². The predicted octanol–water partition coefficient (Wildman–Crippen LogP) is 5.39. The number of rotatable bonds is 7. The number of pyridine rings is 1. The molecule has 1 aromatic heterocycles. The maximum Gasteiger partial charge on any atom is 0.573 e. The van der Waals surface area contributed by atoms with Gasteiger partial charge in [0.05, 0.1) is 11.4 Å². The van der Waals surface area contributed by atoms with Crippen molar-refractivity contribution in [3.8, 4) is 17.0 Å². The fourth-order valence-electron chi connectivity index (χ4n) is 2.84. The molecule has 0 aliphatic carbocycles. The summed E-state index contributed by atoms with van der Waals surface area (Å²) in [5.74, 6) is -2.81. The molecule has 0 unspecified atom stereocenters. The van der Waals surface area contributed by atoms with E-state index in [1.165, 1.54) is 12.3 Å². The molecule has 3 rings (SSSR count). The summed E-state index contributed by atoms with van der Waals surface area (Å²) < 4.78 is 55.6. The average molecular weight is 467 g/mol. The SMILES string of the molecule is O=C(CCl)Nc1cc(C(=O)Cc2ccc(-c3ccccc3F)nc2)ccc1OC(F)(F)F. The van der Waals surface area contributed by atoms with Crippen molar-refractivity contribution in [3.63, 3.8) is 0 Å². The van der Waals surface area contributed by atoms with Gasteiger partial charge in [-0.05, 0) is 42.0 Å². The monoisotopic (exact) mass is 466 g/mol. The van der Waals surface area contributed by atoms with Crippen LogP contribution in [-0.4, -0.2) is 28.9 Å². The van der Waals surface area contributed by atoms with Crippen LogP contribution in [0.4, 0.5) is 23.2 Å². The zero-order valence-corrected chi connectivity index (χ0v) is 17.0. The number of nitrogens with zero attached hydrogens (tertiary/aromatic N) is 1. The Morgan fingerprint density at radius 1 is 1.06 bits per heavy atom. The van der Waals surface area contributed by atoms with Gasteiger partial charge in [-0.15, -0.1) is 24.8 Å². The quantitative estimate of drug-likeness (QED) is 0.288. The molecule has 0 saturated carbocycles. The first-order valence-electron chi connectivity index (χ1n) is 9.15. The zero-order valence-electron chi connectivity index (χ0n) is 16.2. The molecule has 3 aromatic rings. The molecule has 0 spiro atoms. The molecule has 0 bridgehead atoms. The van der Waals surface area contributed by atoms with Gasteiger partial charge in [-0.1, -0.05) is 18.2 Å². The van der Waals surface area contributed by atoms with Crippen LogP contribution in [0.2, 0.25) is 0 Å². The molecular weight excluding hydrogens is 452 g/mol. The zero-order chi connectivity index (χ0) is 23.3. The highest BCUT2D eigenvalue weighted by atomic mass is 35.5. The highest BCUT2D eigenvalue weighted by Crippen LogP contribution is 2.32. The number of carbonyl (C=O) groups excluding carboxylic acids is 2. The molecule has 0 atom stereocenters. The van der Waals surface area contributed by atoms with Gasteiger partial charge in [0.1, 0.15) is 11.7 Å². The van der Waals surface area contributed by atoms with E-state index in [-0.39, 0.29) is 17.7 Å². The van der Waals surface area contributed by atoms with Crippen LogP contribution < -0.4 is 10.1 Å². The van der Waals surface area contributed by atoms with Gasteiger partial charge < -0.3 is 10.1 Å². The van der Waals surface area contributed by atoms with Gasteiger partial charge in [-0.25, -0.2) is 4.39 Å². The number of nitrogens with one attached hydrogen (secondary N) is 1. The number of ether oxygens (including phenoxy) is 1. The molecule has 1 heterocycles. The van der Waals surface area contributed by atoms with Crippen molar-refractivity contribution < 1.29 is 31.9 Å². The highest BCUT2D eigenvalue weighted by Gasteiger charge is 2.32. The minimum atomic E-state index is -4.99. The molecule has 0 radical (unpaired) electrons. The molecular formula is C22H15ClF4N2O3. The molecule has 0 fully saturated rings. The minimum absolute atomic E-state index is 0.0441. The third kappa shape index (κ3) is 6.04. The third-order valence-corrected chi connectivity index (χ3v) is 4.50. The molecule has 32 heavy (non-hydrogen) atoms. The van der Waals surface area contributed by atoms with Gasteiger partial charge in [-0.3, -0.25) is 14.6 Å². The lowest BCUT2D eigenvalue weighted by Crippen LogP contribution is -2.20. The molecule has 166 valence electrons. The number of alkyl halides is 4. The first-order chi connectivity index (χ1) is 15.2. The Kier molecular flexibility index (Phi) is 7.09. The summed E-state index contributed by atoms with van der Waals surface area (Å²) in [6.07, 6.45) is -3.69. The lowest BCUT2D eigenvalue weighted by atomic mass is 10.0. The number of benzene rings is 2. The predicted molar refractivity (Wildman–Crippen MR) is 110 cm³/mol. The van der Waals surface area contributed by atoms with Gasteiger partial charge >= 0.3 is 6.36 Å². The molecule has 0 saturated heterocycles. The number of hydrogen-bond donors (Lipinski definition) is 1. The molecule has 1 N–H and O–H groups in total. The van der Waals surface area contributed by atoms with Crippen molar-refractivity contribution in [2.24, 2.45) is 0 Å². The summed E-state index contributed by atoms with van der Waals surface area (Å²) in [4.78, 5) is 28.4. The Morgan fingerprint density at radius 2 is 1.81 bits per heavy atom. The summed E-state index contributed by atoms with van der Waals surface area (Å²) in [5.41, 5.74) is 0.913. The Balaban J connectivity index is 1.80. The van der Waals surface area contributed by atoms with Crippen LogP contribution in [0.3, 0.4) is 0 Å². The topological polar surface area (TPSA) is 68.3 Å². The summed E-state index contributed by atoms with van der Waals surface area (Å²) >= 11 is 5.39. The summed E-state index contributed by atoms with van der Waals surface area (Å²) in [5, 5.41) is 2.18. The van der Waals surface area contributed by atoms with E-state index in [4.69, 9.17) is 11.6 Å². The first kappa shape index (κ1) is 23.2. The van der Waals surface area contributed by atoms with Gasteiger partial charge in [0.15, 0.2) is 11.5 Å². The van der Waals surface area contributed by atoms with Crippen molar-refractivity contribution in [3.05, 3.63) is 77.7 Å². The van der Waals surface area contributed by atoms with E-state index in [1.54, 1.807) is 30.3 Å². The fraction of sp³-hybridized carbons (Fsp3) is 0.136. The standard InChI is InChI=1S/C22H15ClF4N2O3/c23-11-21(31)29-18-10-14(6-8-20(18)32-22(25,26)27)19(30)9-13-5-7-17(28-12-13)15-3-1-2-4-16(15)24/h1-8,10,12H,9,11H2,(H,29,31). The number of carbonyl (C=O) groups is 2. The molecule has 5 nitrogen and oxygen atoms in total. The number of halogens is 5. The van der Waals surface area contributed by atoms with E-state index in [0.29, 0.717) is 16.8 Å². The number of ketones is 1. The number of Topliss-reactive ketones (excluding diaryl/α,β-unsaturated/α-hetero) is 1. The van der Waals surface area contributed by atoms with E-state index < -0.39 is 35.5 Å². The second kappa shape index (κ2) is 9.78. The highest BCUT2D eigenvalue weighted by molar-refractivity contribution is 6.29. The van der Waals surface area contributed by atoms with E-state index >= 15 is 0 Å². The van der Waals surface area contributed by atoms with Gasteiger partial charge in [0.25, 0.3) is 0 Å².